The van der Waals surface area contributed by atoms with Crippen LogP contribution in [0.2, 0.25) is 0 Å². The lowest BCUT2D eigenvalue weighted by Gasteiger charge is -2.36. The summed E-state index contributed by atoms with van der Waals surface area (Å²) in [5.41, 5.74) is 0. The van der Waals surface area contributed by atoms with Crippen molar-refractivity contribution in [1.82, 2.24) is 15.5 Å². The van der Waals surface area contributed by atoms with Gasteiger partial charge in [0.2, 0.25) is 5.91 Å². The molecule has 1 saturated heterocycles. The molecular formula is C17H31N3O4. The topological polar surface area (TPSA) is 90.9 Å². The zero-order valence-electron chi connectivity index (χ0n) is 14.8. The Morgan fingerprint density at radius 1 is 1.08 bits per heavy atom. The maximum absolute atomic E-state index is 12.2. The van der Waals surface area contributed by atoms with E-state index in [0.717, 1.165) is 12.8 Å². The summed E-state index contributed by atoms with van der Waals surface area (Å²) in [6, 6.07) is -0.151. The molecule has 2 fully saturated rings. The fourth-order valence-electron chi connectivity index (χ4n) is 3.47. The zero-order chi connectivity index (χ0) is 17.5. The van der Waals surface area contributed by atoms with Crippen molar-refractivity contribution in [3.05, 3.63) is 0 Å². The summed E-state index contributed by atoms with van der Waals surface area (Å²) < 4.78 is 5.82. The minimum Gasteiger partial charge on any atom is -0.394 e. The SMILES string of the molecule is CN(C)C(=O)C[C@@H]1CC[C@@H](NC(=O)NC2CCCCC2)[C@H](CO)O1. The van der Waals surface area contributed by atoms with Crippen molar-refractivity contribution in [1.29, 1.82) is 0 Å². The molecule has 1 saturated carbocycles. The average Bonchev–Trinajstić information content (AvgIpc) is 2.56. The first-order valence-corrected chi connectivity index (χ1v) is 9.03. The number of aliphatic hydroxyl groups excluding tert-OH is 1. The van der Waals surface area contributed by atoms with Crippen LogP contribution >= 0.6 is 0 Å². The molecule has 0 radical (unpaired) electrons. The molecule has 0 spiro atoms. The van der Waals surface area contributed by atoms with E-state index in [0.29, 0.717) is 19.3 Å². The predicted molar refractivity (Wildman–Crippen MR) is 90.6 cm³/mol. The number of hydrogen-bond acceptors (Lipinski definition) is 4. The maximum atomic E-state index is 12.2. The van der Waals surface area contributed by atoms with Crippen LogP contribution in [0.25, 0.3) is 0 Å². The molecule has 0 aromatic heterocycles. The van der Waals surface area contributed by atoms with Crippen molar-refractivity contribution in [3.63, 3.8) is 0 Å². The van der Waals surface area contributed by atoms with E-state index < -0.39 is 6.10 Å². The van der Waals surface area contributed by atoms with Gasteiger partial charge in [-0.1, -0.05) is 19.3 Å². The van der Waals surface area contributed by atoms with Crippen LogP contribution in [0.15, 0.2) is 0 Å². The van der Waals surface area contributed by atoms with Gasteiger partial charge in [-0.15, -0.1) is 0 Å². The van der Waals surface area contributed by atoms with Crippen LogP contribution in [0.4, 0.5) is 4.79 Å². The number of carbonyl (C=O) groups excluding carboxylic acids is 2. The van der Waals surface area contributed by atoms with Gasteiger partial charge in [-0.2, -0.15) is 0 Å². The Kier molecular flexibility index (Phi) is 7.30. The third-order valence-electron chi connectivity index (χ3n) is 4.95. The lowest BCUT2D eigenvalue weighted by atomic mass is 9.95. The standard InChI is InChI=1S/C17H31N3O4/c1-20(2)16(22)10-13-8-9-14(15(11-21)24-13)19-17(23)18-12-6-4-3-5-7-12/h12-15,21H,3-11H2,1-2H3,(H2,18,19,23)/t13-,14+,15-/m0/s1. The molecule has 2 rings (SSSR count). The van der Waals surface area contributed by atoms with Crippen LogP contribution in [0.3, 0.4) is 0 Å². The Hall–Kier alpha value is -1.34. The molecule has 7 nitrogen and oxygen atoms in total. The molecule has 7 heteroatoms. The van der Waals surface area contributed by atoms with Gasteiger partial charge in [0.05, 0.1) is 25.2 Å². The number of aliphatic hydroxyl groups is 1. The quantitative estimate of drug-likeness (QED) is 0.696. The van der Waals surface area contributed by atoms with Crippen molar-refractivity contribution < 1.29 is 19.4 Å². The molecule has 2 aliphatic rings. The summed E-state index contributed by atoms with van der Waals surface area (Å²) in [7, 11) is 3.43. The Morgan fingerprint density at radius 2 is 1.79 bits per heavy atom. The number of amides is 3. The molecule has 1 heterocycles. The molecule has 1 aliphatic carbocycles. The predicted octanol–water partition coefficient (Wildman–Crippen LogP) is 1.01. The highest BCUT2D eigenvalue weighted by Gasteiger charge is 2.33. The first kappa shape index (κ1) is 19.0. The van der Waals surface area contributed by atoms with Crippen molar-refractivity contribution in [2.75, 3.05) is 20.7 Å². The van der Waals surface area contributed by atoms with E-state index in [1.54, 1.807) is 19.0 Å². The molecule has 0 aromatic rings. The first-order valence-electron chi connectivity index (χ1n) is 9.03. The Morgan fingerprint density at radius 3 is 2.42 bits per heavy atom. The largest absolute Gasteiger partial charge is 0.394 e. The van der Waals surface area contributed by atoms with Gasteiger partial charge in [0.25, 0.3) is 0 Å². The van der Waals surface area contributed by atoms with E-state index >= 15 is 0 Å². The molecule has 3 atom stereocenters. The third kappa shape index (κ3) is 5.63. The molecule has 138 valence electrons. The van der Waals surface area contributed by atoms with Gasteiger partial charge < -0.3 is 25.4 Å². The fraction of sp³-hybridized carbons (Fsp3) is 0.882. The lowest BCUT2D eigenvalue weighted by Crippen LogP contribution is -2.55. The van der Waals surface area contributed by atoms with Crippen molar-refractivity contribution in [2.45, 2.75) is 75.7 Å². The van der Waals surface area contributed by atoms with Crippen LogP contribution in [0.1, 0.15) is 51.4 Å². The van der Waals surface area contributed by atoms with Gasteiger partial charge in [0, 0.05) is 20.1 Å². The second-order valence-corrected chi connectivity index (χ2v) is 7.11. The van der Waals surface area contributed by atoms with Gasteiger partial charge in [0.15, 0.2) is 0 Å². The number of nitrogens with one attached hydrogen (secondary N) is 2. The van der Waals surface area contributed by atoms with E-state index in [9.17, 15) is 14.7 Å². The molecule has 0 unspecified atom stereocenters. The summed E-state index contributed by atoms with van der Waals surface area (Å²) in [6.45, 7) is -0.166. The molecule has 3 N–H and O–H groups in total. The Bertz CT molecular complexity index is 424. The normalized spacial score (nSPS) is 28.2. The molecule has 1 aliphatic heterocycles. The summed E-state index contributed by atoms with van der Waals surface area (Å²) in [5, 5.41) is 15.5. The third-order valence-corrected chi connectivity index (χ3v) is 4.95. The number of ether oxygens (including phenoxy) is 1. The summed E-state index contributed by atoms with van der Waals surface area (Å²) >= 11 is 0. The number of hydrogen-bond donors (Lipinski definition) is 3. The van der Waals surface area contributed by atoms with Crippen LogP contribution in [0, 0.1) is 0 Å². The fourth-order valence-corrected chi connectivity index (χ4v) is 3.47. The van der Waals surface area contributed by atoms with E-state index in [2.05, 4.69) is 10.6 Å². The highest BCUT2D eigenvalue weighted by atomic mass is 16.5. The Labute approximate surface area is 144 Å². The Balaban J connectivity index is 1.78. The minimum atomic E-state index is -0.462. The average molecular weight is 341 g/mol. The molecule has 3 amide bonds. The van der Waals surface area contributed by atoms with Crippen LogP contribution < -0.4 is 10.6 Å². The summed E-state index contributed by atoms with van der Waals surface area (Å²) in [4.78, 5) is 25.5. The molecule has 24 heavy (non-hydrogen) atoms. The summed E-state index contributed by atoms with van der Waals surface area (Å²) in [6.07, 6.45) is 6.70. The van der Waals surface area contributed by atoms with Crippen molar-refractivity contribution in [3.8, 4) is 0 Å². The summed E-state index contributed by atoms with van der Waals surface area (Å²) in [5.74, 6) is 0.0122. The minimum absolute atomic E-state index is 0.0122. The molecule has 0 aromatic carbocycles. The number of urea groups is 1. The van der Waals surface area contributed by atoms with Crippen LogP contribution in [-0.2, 0) is 9.53 Å². The van der Waals surface area contributed by atoms with E-state index in [4.69, 9.17) is 4.74 Å². The monoisotopic (exact) mass is 341 g/mol. The second-order valence-electron chi connectivity index (χ2n) is 7.11. The van der Waals surface area contributed by atoms with Crippen molar-refractivity contribution >= 4 is 11.9 Å². The smallest absolute Gasteiger partial charge is 0.315 e. The first-order chi connectivity index (χ1) is 11.5. The maximum Gasteiger partial charge on any atom is 0.315 e. The van der Waals surface area contributed by atoms with Crippen LogP contribution in [0.5, 0.6) is 0 Å². The van der Waals surface area contributed by atoms with E-state index in [1.807, 2.05) is 0 Å². The van der Waals surface area contributed by atoms with E-state index in [-0.39, 0.29) is 36.7 Å². The van der Waals surface area contributed by atoms with Gasteiger partial charge in [-0.05, 0) is 25.7 Å². The molecule has 0 bridgehead atoms. The zero-order valence-corrected chi connectivity index (χ0v) is 14.8. The second kappa shape index (κ2) is 9.22. The van der Waals surface area contributed by atoms with Gasteiger partial charge in [-0.25, -0.2) is 4.79 Å². The number of carbonyl (C=O) groups is 2. The highest BCUT2D eigenvalue weighted by Crippen LogP contribution is 2.22. The van der Waals surface area contributed by atoms with Crippen LogP contribution in [-0.4, -0.2) is 66.9 Å². The highest BCUT2D eigenvalue weighted by molar-refractivity contribution is 5.76. The number of nitrogens with zero attached hydrogens (tertiary/aromatic N) is 1. The van der Waals surface area contributed by atoms with Crippen molar-refractivity contribution in [2.24, 2.45) is 0 Å². The lowest BCUT2D eigenvalue weighted by molar-refractivity contribution is -0.137. The van der Waals surface area contributed by atoms with Gasteiger partial charge in [-0.3, -0.25) is 4.79 Å². The number of rotatable bonds is 5. The van der Waals surface area contributed by atoms with Gasteiger partial charge in [0.1, 0.15) is 6.10 Å². The van der Waals surface area contributed by atoms with E-state index in [1.165, 1.54) is 19.3 Å². The molecular weight excluding hydrogens is 310 g/mol. The van der Waals surface area contributed by atoms with Gasteiger partial charge >= 0.3 is 6.03 Å².